The molecule has 2 nitrogen and oxygen atoms in total. The van der Waals surface area contributed by atoms with Gasteiger partial charge >= 0.3 is 0 Å². The van der Waals surface area contributed by atoms with Gasteiger partial charge in [-0.3, -0.25) is 4.99 Å². The summed E-state index contributed by atoms with van der Waals surface area (Å²) in [5.74, 6) is 0.211. The highest BCUT2D eigenvalue weighted by Crippen LogP contribution is 2.34. The van der Waals surface area contributed by atoms with Crippen molar-refractivity contribution in [3.05, 3.63) is 34.4 Å². The molecule has 1 aliphatic carbocycles. The number of hydrogen-bond donors (Lipinski definition) is 0. The summed E-state index contributed by atoms with van der Waals surface area (Å²) in [6, 6.07) is 2.37. The third-order valence-electron chi connectivity index (χ3n) is 4.08. The lowest BCUT2D eigenvalue weighted by atomic mass is 9.86. The van der Waals surface area contributed by atoms with Gasteiger partial charge in [-0.1, -0.05) is 30.1 Å². The SMILES string of the molecule is CCCCC1=NCC2C(C#N)=CC(C)=C(C)CC2=C1. The first-order valence-corrected chi connectivity index (χ1v) is 7.17. The van der Waals surface area contributed by atoms with Crippen molar-refractivity contribution in [1.29, 1.82) is 5.26 Å². The zero-order valence-corrected chi connectivity index (χ0v) is 12.2. The van der Waals surface area contributed by atoms with Crippen LogP contribution >= 0.6 is 0 Å². The zero-order chi connectivity index (χ0) is 13.8. The molecule has 0 amide bonds. The number of dihydropyridines is 1. The van der Waals surface area contributed by atoms with E-state index in [0.29, 0.717) is 0 Å². The number of rotatable bonds is 3. The van der Waals surface area contributed by atoms with Crippen LogP contribution in [0.2, 0.25) is 0 Å². The van der Waals surface area contributed by atoms with Crippen LogP contribution < -0.4 is 0 Å². The van der Waals surface area contributed by atoms with Crippen molar-refractivity contribution in [3.63, 3.8) is 0 Å². The molecular formula is C17H22N2. The molecular weight excluding hydrogens is 232 g/mol. The number of hydrogen-bond acceptors (Lipinski definition) is 2. The largest absolute Gasteiger partial charge is 0.289 e. The van der Waals surface area contributed by atoms with Crippen LogP contribution in [0, 0.1) is 17.2 Å². The molecule has 1 heterocycles. The van der Waals surface area contributed by atoms with Crippen LogP contribution in [-0.2, 0) is 0 Å². The van der Waals surface area contributed by atoms with E-state index in [0.717, 1.165) is 25.0 Å². The number of fused-ring (bicyclic) bond motifs is 1. The molecule has 0 aromatic carbocycles. The molecule has 1 unspecified atom stereocenters. The standard InChI is InChI=1S/C17H22N2/c1-4-5-6-16-9-14-7-12(2)13(3)8-15(10-18)17(14)11-19-16/h8-9,17H,4-7,11H2,1-3H3. The Kier molecular flexibility index (Phi) is 4.37. The Bertz CT molecular complexity index is 524. The summed E-state index contributed by atoms with van der Waals surface area (Å²) >= 11 is 0. The van der Waals surface area contributed by atoms with E-state index in [1.54, 1.807) is 0 Å². The Morgan fingerprint density at radius 1 is 1.37 bits per heavy atom. The van der Waals surface area contributed by atoms with Crippen LogP contribution in [0.4, 0.5) is 0 Å². The number of nitrogens with zero attached hydrogens (tertiary/aromatic N) is 2. The summed E-state index contributed by atoms with van der Waals surface area (Å²) in [5, 5.41) is 9.35. The van der Waals surface area contributed by atoms with Gasteiger partial charge in [0, 0.05) is 17.2 Å². The van der Waals surface area contributed by atoms with Crippen molar-refractivity contribution in [2.75, 3.05) is 6.54 Å². The molecule has 1 aliphatic heterocycles. The van der Waals surface area contributed by atoms with E-state index in [1.807, 2.05) is 6.08 Å². The molecule has 2 rings (SSSR count). The van der Waals surface area contributed by atoms with E-state index in [-0.39, 0.29) is 5.92 Å². The molecule has 0 saturated carbocycles. The van der Waals surface area contributed by atoms with Crippen molar-refractivity contribution in [2.45, 2.75) is 46.5 Å². The Balaban J connectivity index is 2.28. The predicted octanol–water partition coefficient (Wildman–Crippen LogP) is 4.36. The Morgan fingerprint density at radius 3 is 2.84 bits per heavy atom. The first kappa shape index (κ1) is 13.8. The van der Waals surface area contributed by atoms with Crippen molar-refractivity contribution in [3.8, 4) is 6.07 Å². The normalized spacial score (nSPS) is 22.8. The second-order valence-electron chi connectivity index (χ2n) is 5.56. The second kappa shape index (κ2) is 6.02. The van der Waals surface area contributed by atoms with Crippen molar-refractivity contribution >= 4 is 5.71 Å². The summed E-state index contributed by atoms with van der Waals surface area (Å²) in [5.41, 5.74) is 6.08. The summed E-state index contributed by atoms with van der Waals surface area (Å²) < 4.78 is 0. The quantitative estimate of drug-likeness (QED) is 0.737. The van der Waals surface area contributed by atoms with Gasteiger partial charge in [-0.2, -0.15) is 5.26 Å². The minimum absolute atomic E-state index is 0.211. The number of nitriles is 1. The molecule has 0 N–H and O–H groups in total. The minimum Gasteiger partial charge on any atom is -0.289 e. The van der Waals surface area contributed by atoms with E-state index in [2.05, 4.69) is 37.9 Å². The van der Waals surface area contributed by atoms with E-state index in [1.165, 1.54) is 35.3 Å². The lowest BCUT2D eigenvalue weighted by molar-refractivity contribution is 0.707. The van der Waals surface area contributed by atoms with Gasteiger partial charge in [0.15, 0.2) is 0 Å². The van der Waals surface area contributed by atoms with Gasteiger partial charge < -0.3 is 0 Å². The van der Waals surface area contributed by atoms with E-state index in [9.17, 15) is 5.26 Å². The fourth-order valence-electron chi connectivity index (χ4n) is 2.68. The first-order valence-electron chi connectivity index (χ1n) is 7.17. The number of unbranched alkanes of at least 4 members (excludes halogenated alkanes) is 1. The minimum atomic E-state index is 0.211. The molecule has 2 heteroatoms. The molecule has 0 aromatic rings. The summed E-state index contributed by atoms with van der Waals surface area (Å²) in [7, 11) is 0. The predicted molar refractivity (Wildman–Crippen MR) is 80.1 cm³/mol. The third kappa shape index (κ3) is 3.04. The van der Waals surface area contributed by atoms with Gasteiger partial charge in [0.25, 0.3) is 0 Å². The fraction of sp³-hybridized carbons (Fsp3) is 0.529. The lowest BCUT2D eigenvalue weighted by Gasteiger charge is -2.22. The second-order valence-corrected chi connectivity index (χ2v) is 5.56. The Morgan fingerprint density at radius 2 is 2.16 bits per heavy atom. The molecule has 0 radical (unpaired) electrons. The van der Waals surface area contributed by atoms with Crippen LogP contribution in [0.1, 0.15) is 46.5 Å². The zero-order valence-electron chi connectivity index (χ0n) is 12.2. The van der Waals surface area contributed by atoms with Crippen LogP contribution in [0.5, 0.6) is 0 Å². The highest BCUT2D eigenvalue weighted by atomic mass is 14.8. The monoisotopic (exact) mass is 254 g/mol. The lowest BCUT2D eigenvalue weighted by Crippen LogP contribution is -2.17. The van der Waals surface area contributed by atoms with E-state index < -0.39 is 0 Å². The number of aliphatic imine (C=N–C) groups is 1. The smallest absolute Gasteiger partial charge is 0.0954 e. The van der Waals surface area contributed by atoms with Gasteiger partial charge in [0.2, 0.25) is 0 Å². The molecule has 0 fully saturated rings. The molecule has 0 bridgehead atoms. The Labute approximate surface area is 116 Å². The number of allylic oxidation sites excluding steroid dienone is 4. The topological polar surface area (TPSA) is 36.1 Å². The van der Waals surface area contributed by atoms with Crippen LogP contribution in [0.25, 0.3) is 0 Å². The summed E-state index contributed by atoms with van der Waals surface area (Å²) in [6.07, 6.45) is 8.75. The van der Waals surface area contributed by atoms with Crippen LogP contribution in [-0.4, -0.2) is 12.3 Å². The maximum atomic E-state index is 9.35. The van der Waals surface area contributed by atoms with Gasteiger partial charge in [-0.05, 0) is 45.3 Å². The molecule has 1 atom stereocenters. The van der Waals surface area contributed by atoms with E-state index >= 15 is 0 Å². The Hall–Kier alpha value is -1.62. The summed E-state index contributed by atoms with van der Waals surface area (Å²) in [4.78, 5) is 4.67. The molecule has 0 saturated heterocycles. The fourth-order valence-corrected chi connectivity index (χ4v) is 2.68. The maximum Gasteiger partial charge on any atom is 0.0954 e. The molecule has 0 spiro atoms. The molecule has 0 aromatic heterocycles. The summed E-state index contributed by atoms with van der Waals surface area (Å²) in [6.45, 7) is 7.23. The van der Waals surface area contributed by atoms with Crippen molar-refractivity contribution in [1.82, 2.24) is 0 Å². The molecule has 100 valence electrons. The van der Waals surface area contributed by atoms with E-state index in [4.69, 9.17) is 0 Å². The third-order valence-corrected chi connectivity index (χ3v) is 4.08. The molecule has 19 heavy (non-hydrogen) atoms. The average Bonchev–Trinajstić information content (AvgIpc) is 2.53. The molecule has 2 aliphatic rings. The average molecular weight is 254 g/mol. The highest BCUT2D eigenvalue weighted by molar-refractivity contribution is 5.96. The first-order chi connectivity index (χ1) is 9.15. The van der Waals surface area contributed by atoms with Gasteiger partial charge in [0.05, 0.1) is 12.6 Å². The highest BCUT2D eigenvalue weighted by Gasteiger charge is 2.25. The van der Waals surface area contributed by atoms with Crippen LogP contribution in [0.3, 0.4) is 0 Å². The van der Waals surface area contributed by atoms with Crippen molar-refractivity contribution in [2.24, 2.45) is 10.9 Å². The van der Waals surface area contributed by atoms with Gasteiger partial charge in [-0.25, -0.2) is 0 Å². The maximum absolute atomic E-state index is 9.35. The van der Waals surface area contributed by atoms with Crippen molar-refractivity contribution < 1.29 is 0 Å². The van der Waals surface area contributed by atoms with Gasteiger partial charge in [-0.15, -0.1) is 0 Å². The van der Waals surface area contributed by atoms with Crippen LogP contribution in [0.15, 0.2) is 39.4 Å². The van der Waals surface area contributed by atoms with Gasteiger partial charge in [0.1, 0.15) is 0 Å².